The lowest BCUT2D eigenvalue weighted by Gasteiger charge is -2.27. The number of aryl methyl sites for hydroxylation is 1. The maximum atomic E-state index is 11.9. The van der Waals surface area contributed by atoms with Gasteiger partial charge in [0.1, 0.15) is 5.54 Å². The summed E-state index contributed by atoms with van der Waals surface area (Å²) < 4.78 is 0. The molecule has 19 heavy (non-hydrogen) atoms. The summed E-state index contributed by atoms with van der Waals surface area (Å²) in [5.41, 5.74) is 0.885. The molecule has 0 fully saturated rings. The minimum Gasteiger partial charge on any atom is -0.357 e. The van der Waals surface area contributed by atoms with E-state index in [2.05, 4.69) is 10.6 Å². The van der Waals surface area contributed by atoms with Gasteiger partial charge < -0.3 is 10.6 Å². The Bertz CT molecular complexity index is 418. The molecule has 0 radical (unpaired) electrons. The molecule has 0 bridgehead atoms. The summed E-state index contributed by atoms with van der Waals surface area (Å²) in [6, 6.07) is 7.66. The van der Waals surface area contributed by atoms with E-state index in [1.807, 2.05) is 45.0 Å². The molecule has 4 heteroatoms. The Hall–Kier alpha value is -1.84. The van der Waals surface area contributed by atoms with Crippen LogP contribution >= 0.6 is 0 Å². The van der Waals surface area contributed by atoms with Gasteiger partial charge in [-0.2, -0.15) is 0 Å². The average Bonchev–Trinajstić information content (AvgIpc) is 2.48. The number of rotatable bonds is 5. The number of hydrogen-bond donors (Lipinski definition) is 2. The average molecular weight is 264 g/mol. The van der Waals surface area contributed by atoms with Gasteiger partial charge in [-0.05, 0) is 24.5 Å². The zero-order valence-electron chi connectivity index (χ0n) is 12.4. The Balaban J connectivity index is 0.00000154. The molecule has 0 saturated heterocycles. The molecular formula is C15H24N2O2. The lowest BCUT2D eigenvalue weighted by molar-refractivity contribution is -0.129. The van der Waals surface area contributed by atoms with Crippen molar-refractivity contribution in [3.8, 4) is 0 Å². The van der Waals surface area contributed by atoms with Crippen molar-refractivity contribution in [2.75, 3.05) is 7.05 Å². The molecule has 0 aliphatic carbocycles. The fraction of sp³-hybridized carbons (Fsp3) is 0.467. The number of carbonyl (C=O) groups is 2. The Morgan fingerprint density at radius 3 is 2.47 bits per heavy atom. The summed E-state index contributed by atoms with van der Waals surface area (Å²) in [6.45, 7) is 7.73. The number of likely N-dealkylation sites (N-methyl/N-ethyl adjacent to an activating group) is 1. The van der Waals surface area contributed by atoms with E-state index in [1.54, 1.807) is 14.0 Å². The van der Waals surface area contributed by atoms with Crippen LogP contribution in [0.4, 0.5) is 0 Å². The molecule has 4 nitrogen and oxygen atoms in total. The van der Waals surface area contributed by atoms with Crippen LogP contribution < -0.4 is 10.6 Å². The fourth-order valence-corrected chi connectivity index (χ4v) is 1.75. The van der Waals surface area contributed by atoms with Crippen molar-refractivity contribution in [3.63, 3.8) is 0 Å². The number of hydrogen-bond acceptors (Lipinski definition) is 2. The molecule has 0 spiro atoms. The topological polar surface area (TPSA) is 58.2 Å². The lowest BCUT2D eigenvalue weighted by atomic mass is 9.89. The minimum atomic E-state index is -1.03. The molecule has 1 unspecified atom stereocenters. The van der Waals surface area contributed by atoms with E-state index in [1.165, 1.54) is 0 Å². The van der Waals surface area contributed by atoms with Crippen LogP contribution in [0.1, 0.15) is 38.8 Å². The second kappa shape index (κ2) is 8.29. The predicted octanol–water partition coefficient (Wildman–Crippen LogP) is 1.98. The van der Waals surface area contributed by atoms with Crippen LogP contribution in [-0.4, -0.2) is 19.4 Å². The molecule has 1 aromatic rings. The molecule has 0 saturated carbocycles. The van der Waals surface area contributed by atoms with Crippen LogP contribution in [0.15, 0.2) is 24.3 Å². The summed E-state index contributed by atoms with van der Waals surface area (Å²) in [6.07, 6.45) is 1.44. The first-order valence-electron chi connectivity index (χ1n) is 6.61. The standard InChI is InChI=1S/C13H18N2O2.C2H6/c1-4-10-6-5-7-11(8-10)13(2,15-9-16)12(17)14-3;1-2/h5-9H,4H2,1-3H3,(H,14,17)(H,15,16);1-2H3. The number of amides is 2. The fourth-order valence-electron chi connectivity index (χ4n) is 1.75. The van der Waals surface area contributed by atoms with Crippen molar-refractivity contribution in [1.29, 1.82) is 0 Å². The molecule has 1 rings (SSSR count). The van der Waals surface area contributed by atoms with Crippen LogP contribution in [0.3, 0.4) is 0 Å². The molecular weight excluding hydrogens is 240 g/mol. The van der Waals surface area contributed by atoms with Crippen molar-refractivity contribution < 1.29 is 9.59 Å². The zero-order valence-corrected chi connectivity index (χ0v) is 12.4. The summed E-state index contributed by atoms with van der Waals surface area (Å²) in [5, 5.41) is 5.15. The highest BCUT2D eigenvalue weighted by Gasteiger charge is 2.33. The van der Waals surface area contributed by atoms with Gasteiger partial charge in [0.15, 0.2) is 0 Å². The maximum absolute atomic E-state index is 11.9. The Morgan fingerprint density at radius 1 is 1.37 bits per heavy atom. The predicted molar refractivity (Wildman–Crippen MR) is 77.8 cm³/mol. The quantitative estimate of drug-likeness (QED) is 0.799. The maximum Gasteiger partial charge on any atom is 0.249 e. The van der Waals surface area contributed by atoms with Crippen molar-refractivity contribution >= 4 is 12.3 Å². The third-order valence-corrected chi connectivity index (χ3v) is 2.94. The summed E-state index contributed by atoms with van der Waals surface area (Å²) in [4.78, 5) is 22.6. The normalized spacial score (nSPS) is 12.5. The van der Waals surface area contributed by atoms with Gasteiger partial charge >= 0.3 is 0 Å². The van der Waals surface area contributed by atoms with Crippen LogP contribution in [0.2, 0.25) is 0 Å². The highest BCUT2D eigenvalue weighted by Crippen LogP contribution is 2.21. The molecule has 0 aromatic heterocycles. The largest absolute Gasteiger partial charge is 0.357 e. The Morgan fingerprint density at radius 2 is 2.00 bits per heavy atom. The molecule has 2 amide bonds. The van der Waals surface area contributed by atoms with Gasteiger partial charge in [0, 0.05) is 7.05 Å². The van der Waals surface area contributed by atoms with Crippen LogP contribution in [0.5, 0.6) is 0 Å². The molecule has 106 valence electrons. The van der Waals surface area contributed by atoms with E-state index < -0.39 is 5.54 Å². The molecule has 0 heterocycles. The van der Waals surface area contributed by atoms with Crippen molar-refractivity contribution in [2.45, 2.75) is 39.7 Å². The zero-order chi connectivity index (χ0) is 14.9. The Labute approximate surface area is 115 Å². The highest BCUT2D eigenvalue weighted by molar-refractivity contribution is 5.88. The summed E-state index contributed by atoms with van der Waals surface area (Å²) in [5.74, 6) is -0.238. The lowest BCUT2D eigenvalue weighted by Crippen LogP contribution is -2.51. The molecule has 0 aliphatic rings. The third kappa shape index (κ3) is 4.09. The number of nitrogens with one attached hydrogen (secondary N) is 2. The van der Waals surface area contributed by atoms with E-state index in [0.717, 1.165) is 17.5 Å². The van der Waals surface area contributed by atoms with Crippen LogP contribution in [0, 0.1) is 0 Å². The van der Waals surface area contributed by atoms with Crippen molar-refractivity contribution in [1.82, 2.24) is 10.6 Å². The number of benzene rings is 1. The summed E-state index contributed by atoms with van der Waals surface area (Å²) in [7, 11) is 1.55. The van der Waals surface area contributed by atoms with Gasteiger partial charge in [-0.1, -0.05) is 45.0 Å². The third-order valence-electron chi connectivity index (χ3n) is 2.94. The molecule has 0 aliphatic heterocycles. The monoisotopic (exact) mass is 264 g/mol. The van der Waals surface area contributed by atoms with Gasteiger partial charge in [-0.15, -0.1) is 0 Å². The molecule has 2 N–H and O–H groups in total. The molecule has 1 atom stereocenters. The second-order valence-electron chi connectivity index (χ2n) is 4.02. The van der Waals surface area contributed by atoms with E-state index in [0.29, 0.717) is 6.41 Å². The van der Waals surface area contributed by atoms with E-state index in [-0.39, 0.29) is 5.91 Å². The Kier molecular flexibility index (Phi) is 7.49. The van der Waals surface area contributed by atoms with Gasteiger partial charge in [0.2, 0.25) is 12.3 Å². The van der Waals surface area contributed by atoms with E-state index in [4.69, 9.17) is 0 Å². The first-order valence-corrected chi connectivity index (χ1v) is 6.61. The van der Waals surface area contributed by atoms with Gasteiger partial charge in [0.05, 0.1) is 0 Å². The van der Waals surface area contributed by atoms with Crippen LogP contribution in [-0.2, 0) is 21.5 Å². The van der Waals surface area contributed by atoms with Crippen molar-refractivity contribution in [3.05, 3.63) is 35.4 Å². The van der Waals surface area contributed by atoms with Gasteiger partial charge in [-0.3, -0.25) is 9.59 Å². The van der Waals surface area contributed by atoms with E-state index >= 15 is 0 Å². The van der Waals surface area contributed by atoms with Crippen molar-refractivity contribution in [2.24, 2.45) is 0 Å². The summed E-state index contributed by atoms with van der Waals surface area (Å²) >= 11 is 0. The smallest absolute Gasteiger partial charge is 0.249 e. The highest BCUT2D eigenvalue weighted by atomic mass is 16.2. The number of carbonyl (C=O) groups excluding carboxylic acids is 2. The second-order valence-corrected chi connectivity index (χ2v) is 4.02. The minimum absolute atomic E-state index is 0.238. The van der Waals surface area contributed by atoms with E-state index in [9.17, 15) is 9.59 Å². The first kappa shape index (κ1) is 17.2. The van der Waals surface area contributed by atoms with Gasteiger partial charge in [0.25, 0.3) is 0 Å². The van der Waals surface area contributed by atoms with Crippen LogP contribution in [0.25, 0.3) is 0 Å². The van der Waals surface area contributed by atoms with Gasteiger partial charge in [-0.25, -0.2) is 0 Å². The SMILES string of the molecule is CC.CCc1cccc(C(C)(NC=O)C(=O)NC)c1. The first-order chi connectivity index (χ1) is 9.08. The molecule has 1 aromatic carbocycles.